The van der Waals surface area contributed by atoms with Crippen LogP contribution in [0.15, 0.2) is 48.8 Å². The van der Waals surface area contributed by atoms with Gasteiger partial charge in [0.1, 0.15) is 5.75 Å². The summed E-state index contributed by atoms with van der Waals surface area (Å²) in [5.41, 5.74) is 1.93. The van der Waals surface area contributed by atoms with Gasteiger partial charge < -0.3 is 15.0 Å². The highest BCUT2D eigenvalue weighted by Crippen LogP contribution is 2.22. The minimum Gasteiger partial charge on any atom is -0.497 e. The zero-order valence-electron chi connectivity index (χ0n) is 14.1. The number of nitrogens with one attached hydrogen (secondary N) is 1. The summed E-state index contributed by atoms with van der Waals surface area (Å²) in [5, 5.41) is 2.89. The number of aromatic nitrogens is 1. The van der Waals surface area contributed by atoms with E-state index in [0.717, 1.165) is 16.9 Å². The van der Waals surface area contributed by atoms with E-state index in [9.17, 15) is 9.59 Å². The van der Waals surface area contributed by atoms with Crippen LogP contribution in [0.4, 0.5) is 0 Å². The molecule has 2 heterocycles. The van der Waals surface area contributed by atoms with Crippen molar-refractivity contribution < 1.29 is 14.3 Å². The summed E-state index contributed by atoms with van der Waals surface area (Å²) in [5.74, 6) is 0.361. The van der Waals surface area contributed by atoms with Gasteiger partial charge in [-0.05, 0) is 29.3 Å². The van der Waals surface area contributed by atoms with Crippen molar-refractivity contribution in [3.8, 4) is 5.75 Å². The Morgan fingerprint density at radius 3 is 2.92 bits per heavy atom. The number of hydrogen-bond donors (Lipinski definition) is 1. The van der Waals surface area contributed by atoms with Crippen molar-refractivity contribution in [3.63, 3.8) is 0 Å². The van der Waals surface area contributed by atoms with E-state index in [1.807, 2.05) is 36.4 Å². The summed E-state index contributed by atoms with van der Waals surface area (Å²) in [7, 11) is 1.61. The van der Waals surface area contributed by atoms with Crippen LogP contribution in [0.2, 0.25) is 0 Å². The number of ether oxygens (including phenoxy) is 1. The summed E-state index contributed by atoms with van der Waals surface area (Å²) >= 11 is 0. The first-order valence-electron chi connectivity index (χ1n) is 8.23. The molecule has 6 heteroatoms. The number of amides is 2. The molecular formula is C19H21N3O3. The molecule has 1 atom stereocenters. The van der Waals surface area contributed by atoms with E-state index in [1.165, 1.54) is 0 Å². The molecule has 0 saturated carbocycles. The van der Waals surface area contributed by atoms with Gasteiger partial charge in [0.25, 0.3) is 0 Å². The quantitative estimate of drug-likeness (QED) is 0.870. The van der Waals surface area contributed by atoms with E-state index in [1.54, 1.807) is 24.4 Å². The monoisotopic (exact) mass is 339 g/mol. The number of nitrogens with zero attached hydrogens (tertiary/aromatic N) is 2. The smallest absolute Gasteiger partial charge is 0.225 e. The Hall–Kier alpha value is -2.89. The minimum atomic E-state index is -0.310. The summed E-state index contributed by atoms with van der Waals surface area (Å²) in [6.07, 6.45) is 3.66. The average Bonchev–Trinajstić information content (AvgIpc) is 3.01. The average molecular weight is 339 g/mol. The van der Waals surface area contributed by atoms with Crippen LogP contribution >= 0.6 is 0 Å². The molecule has 130 valence electrons. The molecule has 1 N–H and O–H groups in total. The Morgan fingerprint density at radius 1 is 1.32 bits per heavy atom. The zero-order valence-corrected chi connectivity index (χ0v) is 14.1. The predicted octanol–water partition coefficient (Wildman–Crippen LogP) is 1.76. The van der Waals surface area contributed by atoms with E-state index in [0.29, 0.717) is 19.6 Å². The lowest BCUT2D eigenvalue weighted by atomic mass is 10.1. The van der Waals surface area contributed by atoms with E-state index < -0.39 is 0 Å². The van der Waals surface area contributed by atoms with Gasteiger partial charge >= 0.3 is 0 Å². The molecule has 1 saturated heterocycles. The largest absolute Gasteiger partial charge is 0.497 e. The minimum absolute atomic E-state index is 0.00403. The van der Waals surface area contributed by atoms with Gasteiger partial charge in [-0.15, -0.1) is 0 Å². The third-order valence-electron chi connectivity index (χ3n) is 4.28. The van der Waals surface area contributed by atoms with Crippen molar-refractivity contribution in [2.24, 2.45) is 5.92 Å². The Balaban J connectivity index is 1.55. The second kappa shape index (κ2) is 7.79. The first kappa shape index (κ1) is 17.0. The van der Waals surface area contributed by atoms with Crippen molar-refractivity contribution in [1.82, 2.24) is 15.2 Å². The van der Waals surface area contributed by atoms with E-state index in [-0.39, 0.29) is 24.2 Å². The first-order chi connectivity index (χ1) is 12.2. The maximum atomic E-state index is 12.3. The molecule has 2 amide bonds. The number of rotatable bonds is 6. The molecule has 0 radical (unpaired) electrons. The molecule has 0 aliphatic carbocycles. The van der Waals surface area contributed by atoms with Gasteiger partial charge in [0, 0.05) is 38.4 Å². The second-order valence-corrected chi connectivity index (χ2v) is 6.11. The maximum Gasteiger partial charge on any atom is 0.225 e. The lowest BCUT2D eigenvalue weighted by Gasteiger charge is -2.17. The fourth-order valence-corrected chi connectivity index (χ4v) is 2.93. The third-order valence-corrected chi connectivity index (χ3v) is 4.28. The predicted molar refractivity (Wildman–Crippen MR) is 92.6 cm³/mol. The highest BCUT2D eigenvalue weighted by Gasteiger charge is 2.34. The van der Waals surface area contributed by atoms with Gasteiger partial charge in [-0.3, -0.25) is 14.6 Å². The molecule has 1 fully saturated rings. The van der Waals surface area contributed by atoms with Crippen molar-refractivity contribution in [2.45, 2.75) is 19.5 Å². The van der Waals surface area contributed by atoms with E-state index in [2.05, 4.69) is 10.3 Å². The molecule has 1 aromatic carbocycles. The molecule has 1 aromatic heterocycles. The molecule has 25 heavy (non-hydrogen) atoms. The highest BCUT2D eigenvalue weighted by molar-refractivity contribution is 5.89. The van der Waals surface area contributed by atoms with Gasteiger partial charge in [0.15, 0.2) is 0 Å². The lowest BCUT2D eigenvalue weighted by molar-refractivity contribution is -0.129. The molecule has 0 unspecified atom stereocenters. The number of pyridine rings is 1. The van der Waals surface area contributed by atoms with Crippen LogP contribution in [0.25, 0.3) is 0 Å². The number of likely N-dealkylation sites (tertiary alicyclic amines) is 1. The zero-order chi connectivity index (χ0) is 17.6. The van der Waals surface area contributed by atoms with Gasteiger partial charge in [-0.25, -0.2) is 0 Å². The maximum absolute atomic E-state index is 12.3. The van der Waals surface area contributed by atoms with Gasteiger partial charge in [-0.1, -0.05) is 18.2 Å². The number of hydrogen-bond acceptors (Lipinski definition) is 4. The fraction of sp³-hybridized carbons (Fsp3) is 0.316. The van der Waals surface area contributed by atoms with Crippen LogP contribution in [0.1, 0.15) is 17.5 Å². The van der Waals surface area contributed by atoms with E-state index >= 15 is 0 Å². The summed E-state index contributed by atoms with van der Waals surface area (Å²) in [6.45, 7) is 1.35. The molecule has 0 spiro atoms. The molecule has 1 aliphatic heterocycles. The molecule has 3 rings (SSSR count). The molecular weight excluding hydrogens is 318 g/mol. The van der Waals surface area contributed by atoms with Crippen molar-refractivity contribution in [3.05, 3.63) is 59.9 Å². The standard InChI is InChI=1S/C19H21N3O3/c1-25-17-6-2-4-14(8-17)12-22-13-16(9-18(22)23)19(24)21-11-15-5-3-7-20-10-15/h2-8,10,16H,9,11-13H2,1H3,(H,21,24)/t16-/m0/s1. The van der Waals surface area contributed by atoms with Crippen LogP contribution in [0, 0.1) is 5.92 Å². The van der Waals surface area contributed by atoms with Crippen LogP contribution in [0.5, 0.6) is 5.75 Å². The Bertz CT molecular complexity index is 749. The topological polar surface area (TPSA) is 71.5 Å². The number of carbonyl (C=O) groups is 2. The van der Waals surface area contributed by atoms with Crippen LogP contribution in [0.3, 0.4) is 0 Å². The Labute approximate surface area is 146 Å². The number of carbonyl (C=O) groups excluding carboxylic acids is 2. The normalized spacial score (nSPS) is 16.8. The Kier molecular flexibility index (Phi) is 5.28. The summed E-state index contributed by atoms with van der Waals surface area (Å²) in [4.78, 5) is 30.3. The summed E-state index contributed by atoms with van der Waals surface area (Å²) < 4.78 is 5.21. The van der Waals surface area contributed by atoms with Gasteiger partial charge in [0.2, 0.25) is 11.8 Å². The van der Waals surface area contributed by atoms with Gasteiger partial charge in [-0.2, -0.15) is 0 Å². The Morgan fingerprint density at radius 2 is 2.16 bits per heavy atom. The van der Waals surface area contributed by atoms with Crippen molar-refractivity contribution in [1.29, 1.82) is 0 Å². The van der Waals surface area contributed by atoms with Gasteiger partial charge in [0.05, 0.1) is 13.0 Å². The summed E-state index contributed by atoms with van der Waals surface area (Å²) in [6, 6.07) is 11.4. The molecule has 1 aliphatic rings. The molecule has 0 bridgehead atoms. The second-order valence-electron chi connectivity index (χ2n) is 6.11. The van der Waals surface area contributed by atoms with Crippen LogP contribution < -0.4 is 10.1 Å². The highest BCUT2D eigenvalue weighted by atomic mass is 16.5. The van der Waals surface area contributed by atoms with Crippen LogP contribution in [-0.4, -0.2) is 35.4 Å². The molecule has 2 aromatic rings. The lowest BCUT2D eigenvalue weighted by Crippen LogP contribution is -2.32. The number of methoxy groups -OCH3 is 1. The van der Waals surface area contributed by atoms with Crippen LogP contribution in [-0.2, 0) is 22.7 Å². The number of benzene rings is 1. The van der Waals surface area contributed by atoms with Crippen molar-refractivity contribution in [2.75, 3.05) is 13.7 Å². The van der Waals surface area contributed by atoms with Crippen molar-refractivity contribution >= 4 is 11.8 Å². The SMILES string of the molecule is COc1cccc(CN2C[C@@H](C(=O)NCc3cccnc3)CC2=O)c1. The van der Waals surface area contributed by atoms with E-state index in [4.69, 9.17) is 4.74 Å². The third kappa shape index (κ3) is 4.35. The fourth-order valence-electron chi connectivity index (χ4n) is 2.93. The molecule has 6 nitrogen and oxygen atoms in total. The first-order valence-corrected chi connectivity index (χ1v) is 8.23.